The van der Waals surface area contributed by atoms with Gasteiger partial charge in [0, 0.05) is 70.6 Å². The van der Waals surface area contributed by atoms with Crippen LogP contribution in [0.15, 0.2) is 177 Å². The molecule has 6 heteroatoms. The van der Waals surface area contributed by atoms with Gasteiger partial charge in [-0.1, -0.05) is 61.2 Å². The van der Waals surface area contributed by atoms with Crippen LogP contribution >= 0.6 is 11.3 Å². The van der Waals surface area contributed by atoms with Crippen molar-refractivity contribution in [3.8, 4) is 66.5 Å². The number of pyridine rings is 4. The van der Waals surface area contributed by atoms with Gasteiger partial charge in [-0.25, -0.2) is 9.97 Å². The van der Waals surface area contributed by atoms with E-state index >= 15 is 0 Å². The summed E-state index contributed by atoms with van der Waals surface area (Å²) in [7, 11) is 0. The van der Waals surface area contributed by atoms with Gasteiger partial charge in [-0.05, 0) is 114 Å². The fraction of sp³-hybridized carbons (Fsp3) is 0.0217. The average molecular weight is 688 g/mol. The minimum atomic E-state index is 0.836. The summed E-state index contributed by atoms with van der Waals surface area (Å²) in [5.74, 6) is 0. The van der Waals surface area contributed by atoms with Gasteiger partial charge in [-0.2, -0.15) is 0 Å². The zero-order valence-corrected chi connectivity index (χ0v) is 29.3. The Bertz CT molecular complexity index is 2500. The lowest BCUT2D eigenvalue weighted by atomic mass is 9.93. The molecule has 0 radical (unpaired) electrons. The van der Waals surface area contributed by atoms with E-state index in [0.717, 1.165) is 87.8 Å². The predicted octanol–water partition coefficient (Wildman–Crippen LogP) is 12.0. The Morgan fingerprint density at radius 3 is 1.63 bits per heavy atom. The van der Waals surface area contributed by atoms with Crippen LogP contribution in [-0.4, -0.2) is 24.9 Å². The number of thiazole rings is 1. The van der Waals surface area contributed by atoms with Crippen molar-refractivity contribution >= 4 is 27.1 Å². The summed E-state index contributed by atoms with van der Waals surface area (Å²) in [6.45, 7) is 6.15. The second-order valence-electron chi connectivity index (χ2n) is 12.3. The molecule has 0 unspecified atom stereocenters. The summed E-state index contributed by atoms with van der Waals surface area (Å²) in [4.78, 5) is 23.8. The lowest BCUT2D eigenvalue weighted by molar-refractivity contribution is 1.30. The van der Waals surface area contributed by atoms with E-state index in [2.05, 4.69) is 113 Å². The Morgan fingerprint density at radius 2 is 1.10 bits per heavy atom. The largest absolute Gasteiger partial charge is 0.264 e. The zero-order valence-electron chi connectivity index (χ0n) is 28.5. The summed E-state index contributed by atoms with van der Waals surface area (Å²) >= 11 is 1.69. The van der Waals surface area contributed by atoms with Crippen LogP contribution in [0.2, 0.25) is 0 Å². The van der Waals surface area contributed by atoms with Gasteiger partial charge in [0.1, 0.15) is 5.01 Å². The fourth-order valence-electron chi connectivity index (χ4n) is 6.25. The van der Waals surface area contributed by atoms with Crippen LogP contribution in [0, 0.1) is 0 Å². The number of allylic oxidation sites excluding steroid dienone is 5. The Labute approximate surface area is 307 Å². The van der Waals surface area contributed by atoms with Crippen LogP contribution in [-0.2, 0) is 0 Å². The molecule has 0 aliphatic carbocycles. The maximum atomic E-state index is 5.42. The third-order valence-electron chi connectivity index (χ3n) is 8.83. The molecule has 3 aromatic carbocycles. The number of hydrogen-bond acceptors (Lipinski definition) is 6. The maximum Gasteiger partial charge on any atom is 0.124 e. The van der Waals surface area contributed by atoms with Crippen LogP contribution in [0.1, 0.15) is 12.5 Å². The van der Waals surface area contributed by atoms with Gasteiger partial charge >= 0.3 is 0 Å². The first-order valence-corrected chi connectivity index (χ1v) is 17.8. The summed E-state index contributed by atoms with van der Waals surface area (Å²) in [5, 5.41) is 0.936. The lowest BCUT2D eigenvalue weighted by Crippen LogP contribution is -1.94. The second-order valence-corrected chi connectivity index (χ2v) is 13.3. The molecule has 8 rings (SSSR count). The molecular formula is C46H33N5S. The van der Waals surface area contributed by atoms with Gasteiger partial charge in [-0.3, -0.25) is 15.0 Å². The summed E-state index contributed by atoms with van der Waals surface area (Å²) < 4.78 is 1.14. The number of aromatic nitrogens is 5. The SMILES string of the molecule is C=C/C(=C\C=C/C)c1cc(-c2cccnc2)cc(-c2cc(-c3nc4ccccc4s3)cc(-c3cc(-c4cccnc4)cc(-c4cccnc4)c3)n2)c1. The molecule has 248 valence electrons. The molecule has 5 heterocycles. The van der Waals surface area contributed by atoms with Crippen molar-refractivity contribution in [1.82, 2.24) is 24.9 Å². The highest BCUT2D eigenvalue weighted by Crippen LogP contribution is 2.39. The first-order valence-electron chi connectivity index (χ1n) is 17.0. The highest BCUT2D eigenvalue weighted by atomic mass is 32.1. The van der Waals surface area contributed by atoms with E-state index < -0.39 is 0 Å². The average Bonchev–Trinajstić information content (AvgIpc) is 3.66. The van der Waals surface area contributed by atoms with Gasteiger partial charge in [0.15, 0.2) is 0 Å². The molecule has 0 atom stereocenters. The molecule has 0 N–H and O–H groups in total. The Morgan fingerprint density at radius 1 is 0.558 bits per heavy atom. The molecule has 5 nitrogen and oxygen atoms in total. The number of fused-ring (bicyclic) bond motifs is 1. The van der Waals surface area contributed by atoms with Crippen molar-refractivity contribution in [2.45, 2.75) is 6.92 Å². The molecule has 0 saturated carbocycles. The van der Waals surface area contributed by atoms with Gasteiger partial charge in [-0.15, -0.1) is 11.3 Å². The maximum absolute atomic E-state index is 5.42. The summed E-state index contributed by atoms with van der Waals surface area (Å²) in [5.41, 5.74) is 13.9. The van der Waals surface area contributed by atoms with E-state index in [1.54, 1.807) is 29.9 Å². The highest BCUT2D eigenvalue weighted by Gasteiger charge is 2.16. The molecule has 0 saturated heterocycles. The molecule has 5 aromatic heterocycles. The van der Waals surface area contributed by atoms with E-state index in [1.165, 1.54) is 0 Å². The Hall–Kier alpha value is -6.63. The number of hydrogen-bond donors (Lipinski definition) is 0. The van der Waals surface area contributed by atoms with Crippen LogP contribution < -0.4 is 0 Å². The topological polar surface area (TPSA) is 64.5 Å². The molecule has 0 fully saturated rings. The van der Waals surface area contributed by atoms with Gasteiger partial charge in [0.2, 0.25) is 0 Å². The van der Waals surface area contributed by atoms with E-state index in [4.69, 9.17) is 9.97 Å². The number of rotatable bonds is 9. The number of benzene rings is 3. The molecule has 0 aliphatic rings. The standard InChI is InChI=1S/C46H33N5S/c1-3-5-11-31(4-2)35-20-36(32-12-8-17-47-28-32)23-39(22-35)43-26-41(46-51-42-15-6-7-16-45(42)52-46)27-44(50-43)40-24-37(33-13-9-18-48-29-33)21-38(25-40)34-14-10-19-49-30-34/h3-30H,2H2,1H3/b5-3-,31-11+. The quantitative estimate of drug-likeness (QED) is 0.141. The van der Waals surface area contributed by atoms with E-state index in [9.17, 15) is 0 Å². The molecule has 0 bridgehead atoms. The van der Waals surface area contributed by atoms with Crippen molar-refractivity contribution in [2.75, 3.05) is 0 Å². The minimum Gasteiger partial charge on any atom is -0.264 e. The third kappa shape index (κ3) is 6.88. The van der Waals surface area contributed by atoms with Crippen molar-refractivity contribution in [3.63, 3.8) is 0 Å². The fourth-order valence-corrected chi connectivity index (χ4v) is 7.20. The van der Waals surface area contributed by atoms with Crippen molar-refractivity contribution in [3.05, 3.63) is 183 Å². The first-order chi connectivity index (χ1) is 25.6. The predicted molar refractivity (Wildman–Crippen MR) is 216 cm³/mol. The monoisotopic (exact) mass is 687 g/mol. The van der Waals surface area contributed by atoms with Gasteiger partial charge in [0.25, 0.3) is 0 Å². The van der Waals surface area contributed by atoms with Crippen molar-refractivity contribution in [1.29, 1.82) is 0 Å². The first kappa shape index (κ1) is 32.6. The van der Waals surface area contributed by atoms with Crippen LogP contribution in [0.3, 0.4) is 0 Å². The molecule has 0 amide bonds. The van der Waals surface area contributed by atoms with Crippen LogP contribution in [0.25, 0.3) is 82.3 Å². The highest BCUT2D eigenvalue weighted by molar-refractivity contribution is 7.21. The van der Waals surface area contributed by atoms with Crippen molar-refractivity contribution < 1.29 is 0 Å². The van der Waals surface area contributed by atoms with Crippen LogP contribution in [0.4, 0.5) is 0 Å². The molecule has 0 spiro atoms. The van der Waals surface area contributed by atoms with Gasteiger partial charge in [0.05, 0.1) is 21.6 Å². The summed E-state index contributed by atoms with van der Waals surface area (Å²) in [6, 6.07) is 37.9. The second kappa shape index (κ2) is 14.7. The molecule has 0 aliphatic heterocycles. The Balaban J connectivity index is 1.38. The normalized spacial score (nSPS) is 11.7. The minimum absolute atomic E-state index is 0.836. The zero-order chi connectivity index (χ0) is 35.3. The van der Waals surface area contributed by atoms with Gasteiger partial charge < -0.3 is 0 Å². The smallest absolute Gasteiger partial charge is 0.124 e. The van der Waals surface area contributed by atoms with E-state index in [0.29, 0.717) is 0 Å². The van der Waals surface area contributed by atoms with Crippen molar-refractivity contribution in [2.24, 2.45) is 0 Å². The Kier molecular flexibility index (Phi) is 9.20. The van der Waals surface area contributed by atoms with Crippen LogP contribution in [0.5, 0.6) is 0 Å². The number of nitrogens with zero attached hydrogens (tertiary/aromatic N) is 5. The van der Waals surface area contributed by atoms with E-state index in [1.807, 2.05) is 68.0 Å². The lowest BCUT2D eigenvalue weighted by Gasteiger charge is -2.14. The molecule has 8 aromatic rings. The summed E-state index contributed by atoms with van der Waals surface area (Å²) in [6.07, 6.45) is 19.1. The molecular weight excluding hydrogens is 655 g/mol. The third-order valence-corrected chi connectivity index (χ3v) is 9.92. The number of para-hydroxylation sites is 1. The molecule has 52 heavy (non-hydrogen) atoms. The van der Waals surface area contributed by atoms with E-state index in [-0.39, 0.29) is 0 Å².